The zero-order valence-corrected chi connectivity index (χ0v) is 18.1. The Morgan fingerprint density at radius 1 is 1.04 bits per heavy atom. The van der Waals surface area contributed by atoms with Crippen LogP contribution in [0.4, 0.5) is 0 Å². The van der Waals surface area contributed by atoms with Crippen LogP contribution < -0.4 is 0 Å². The molecule has 0 atom stereocenters. The van der Waals surface area contributed by atoms with Crippen LogP contribution in [0.25, 0.3) is 0 Å². The molecule has 0 unspecified atom stereocenters. The monoisotopic (exact) mass is 372 g/mol. The molecule has 1 aliphatic heterocycles. The summed E-state index contributed by atoms with van der Waals surface area (Å²) in [5.74, 6) is 0.324. The van der Waals surface area contributed by atoms with Crippen molar-refractivity contribution in [2.75, 3.05) is 26.2 Å². The van der Waals surface area contributed by atoms with E-state index < -0.39 is 0 Å². The van der Waals surface area contributed by atoms with Gasteiger partial charge in [0.05, 0.1) is 0 Å². The average molecular weight is 373 g/mol. The highest BCUT2D eigenvalue weighted by molar-refractivity contribution is 5.76. The summed E-state index contributed by atoms with van der Waals surface area (Å²) in [5, 5.41) is 0. The number of rotatable bonds is 10. The van der Waals surface area contributed by atoms with Gasteiger partial charge in [0.25, 0.3) is 0 Å². The largest absolute Gasteiger partial charge is 0.337 e. The lowest BCUT2D eigenvalue weighted by atomic mass is 9.87. The van der Waals surface area contributed by atoms with Crippen molar-refractivity contribution >= 4 is 5.91 Å². The van der Waals surface area contributed by atoms with Crippen LogP contribution in [0.3, 0.4) is 0 Å². The topological polar surface area (TPSA) is 23.6 Å². The second kappa shape index (κ2) is 10.8. The molecular formula is C24H40N2O. The molecule has 1 fully saturated rings. The molecular weight excluding hydrogens is 332 g/mol. The smallest absolute Gasteiger partial charge is 0.222 e. The Kier molecular flexibility index (Phi) is 8.82. The molecule has 0 saturated carbocycles. The third kappa shape index (κ3) is 7.65. The molecule has 2 rings (SSSR count). The van der Waals surface area contributed by atoms with Crippen LogP contribution in [0, 0.1) is 0 Å². The normalized spacial score (nSPS) is 15.3. The maximum absolute atomic E-state index is 12.8. The molecule has 1 heterocycles. The minimum atomic E-state index is 0.170. The number of amides is 1. The highest BCUT2D eigenvalue weighted by Crippen LogP contribution is 2.22. The maximum Gasteiger partial charge on any atom is 0.222 e. The number of nitrogens with zero attached hydrogens (tertiary/aromatic N) is 2. The van der Waals surface area contributed by atoms with Crippen molar-refractivity contribution in [3.8, 4) is 0 Å². The van der Waals surface area contributed by atoms with Gasteiger partial charge in [-0.05, 0) is 48.9 Å². The summed E-state index contributed by atoms with van der Waals surface area (Å²) in [6, 6.07) is 8.85. The molecule has 0 aromatic heterocycles. The fourth-order valence-electron chi connectivity index (χ4n) is 3.75. The molecule has 1 aliphatic rings. The SMILES string of the molecule is CCCCCCC(=O)N(CCN1CCCC1)Cc1ccc(C(C)(C)C)cc1. The van der Waals surface area contributed by atoms with E-state index in [2.05, 4.69) is 61.8 Å². The molecule has 3 heteroatoms. The number of carbonyl (C=O) groups is 1. The molecule has 0 radical (unpaired) electrons. The predicted molar refractivity (Wildman–Crippen MR) is 115 cm³/mol. The Morgan fingerprint density at radius 2 is 1.70 bits per heavy atom. The van der Waals surface area contributed by atoms with Crippen molar-refractivity contribution in [1.29, 1.82) is 0 Å². The van der Waals surface area contributed by atoms with Gasteiger partial charge in [0.1, 0.15) is 0 Å². The number of benzene rings is 1. The van der Waals surface area contributed by atoms with Crippen LogP contribution in [-0.2, 0) is 16.8 Å². The molecule has 0 aliphatic carbocycles. The van der Waals surface area contributed by atoms with E-state index in [-0.39, 0.29) is 5.41 Å². The Bertz CT molecular complexity index is 553. The molecule has 1 aromatic carbocycles. The summed E-state index contributed by atoms with van der Waals surface area (Å²) >= 11 is 0. The zero-order chi connectivity index (χ0) is 19.7. The highest BCUT2D eigenvalue weighted by Gasteiger charge is 2.18. The number of likely N-dealkylation sites (tertiary alicyclic amines) is 1. The van der Waals surface area contributed by atoms with E-state index in [0.717, 1.165) is 26.1 Å². The summed E-state index contributed by atoms with van der Waals surface area (Å²) in [5.41, 5.74) is 2.76. The van der Waals surface area contributed by atoms with Gasteiger partial charge in [0.2, 0.25) is 5.91 Å². The maximum atomic E-state index is 12.8. The molecule has 27 heavy (non-hydrogen) atoms. The Labute approximate surface area is 167 Å². The van der Waals surface area contributed by atoms with E-state index in [1.165, 1.54) is 56.3 Å². The van der Waals surface area contributed by atoms with Gasteiger partial charge in [-0.1, -0.05) is 71.2 Å². The Hall–Kier alpha value is -1.35. The quantitative estimate of drug-likeness (QED) is 0.515. The predicted octanol–water partition coefficient (Wildman–Crippen LogP) is 5.38. The van der Waals surface area contributed by atoms with Crippen molar-refractivity contribution in [3.05, 3.63) is 35.4 Å². The van der Waals surface area contributed by atoms with E-state index in [1.54, 1.807) is 0 Å². The van der Waals surface area contributed by atoms with Crippen LogP contribution in [-0.4, -0.2) is 41.9 Å². The summed E-state index contributed by atoms with van der Waals surface area (Å²) < 4.78 is 0. The van der Waals surface area contributed by atoms with Crippen LogP contribution in [0.5, 0.6) is 0 Å². The van der Waals surface area contributed by atoms with Gasteiger partial charge in [-0.25, -0.2) is 0 Å². The van der Waals surface area contributed by atoms with Crippen LogP contribution in [0.15, 0.2) is 24.3 Å². The summed E-state index contributed by atoms with van der Waals surface area (Å²) in [6.07, 6.45) is 7.94. The minimum Gasteiger partial charge on any atom is -0.337 e. The van der Waals surface area contributed by atoms with Crippen LogP contribution in [0.2, 0.25) is 0 Å². The third-order valence-corrected chi connectivity index (χ3v) is 5.68. The lowest BCUT2D eigenvalue weighted by Gasteiger charge is -2.26. The average Bonchev–Trinajstić information content (AvgIpc) is 3.15. The minimum absolute atomic E-state index is 0.170. The standard InChI is InChI=1S/C24H40N2O/c1-5-6-7-8-11-23(27)26(19-18-25-16-9-10-17-25)20-21-12-14-22(15-13-21)24(2,3)4/h12-15H,5-11,16-20H2,1-4H3. The molecule has 0 spiro atoms. The molecule has 0 bridgehead atoms. The summed E-state index contributed by atoms with van der Waals surface area (Å²) in [4.78, 5) is 17.4. The Morgan fingerprint density at radius 3 is 2.30 bits per heavy atom. The highest BCUT2D eigenvalue weighted by atomic mass is 16.2. The van der Waals surface area contributed by atoms with Crippen molar-refractivity contribution < 1.29 is 4.79 Å². The molecule has 1 saturated heterocycles. The summed E-state index contributed by atoms with van der Waals surface area (Å²) in [7, 11) is 0. The number of carbonyl (C=O) groups excluding carboxylic acids is 1. The molecule has 152 valence electrons. The van der Waals surface area contributed by atoms with Crippen molar-refractivity contribution in [2.45, 2.75) is 84.6 Å². The van der Waals surface area contributed by atoms with Crippen molar-refractivity contribution in [1.82, 2.24) is 9.80 Å². The van der Waals surface area contributed by atoms with Gasteiger partial charge in [0.15, 0.2) is 0 Å². The van der Waals surface area contributed by atoms with Gasteiger partial charge >= 0.3 is 0 Å². The molecule has 1 aromatic rings. The third-order valence-electron chi connectivity index (χ3n) is 5.68. The fraction of sp³-hybridized carbons (Fsp3) is 0.708. The lowest BCUT2D eigenvalue weighted by molar-refractivity contribution is -0.132. The van der Waals surface area contributed by atoms with E-state index in [4.69, 9.17) is 0 Å². The first-order valence-electron chi connectivity index (χ1n) is 11.0. The first-order valence-corrected chi connectivity index (χ1v) is 11.0. The van der Waals surface area contributed by atoms with Gasteiger partial charge in [-0.15, -0.1) is 0 Å². The van der Waals surface area contributed by atoms with Crippen LogP contribution >= 0.6 is 0 Å². The second-order valence-electron chi connectivity index (χ2n) is 9.12. The number of unbranched alkanes of at least 4 members (excludes halogenated alkanes) is 3. The Balaban J connectivity index is 1.95. The fourth-order valence-corrected chi connectivity index (χ4v) is 3.75. The van der Waals surface area contributed by atoms with E-state index in [1.807, 2.05) is 0 Å². The van der Waals surface area contributed by atoms with E-state index >= 15 is 0 Å². The first kappa shape index (κ1) is 21.9. The number of hydrogen-bond donors (Lipinski definition) is 0. The van der Waals surface area contributed by atoms with Crippen molar-refractivity contribution in [3.63, 3.8) is 0 Å². The molecule has 3 nitrogen and oxygen atoms in total. The van der Waals surface area contributed by atoms with E-state index in [9.17, 15) is 4.79 Å². The first-order chi connectivity index (χ1) is 12.9. The van der Waals surface area contributed by atoms with Crippen molar-refractivity contribution in [2.24, 2.45) is 0 Å². The second-order valence-corrected chi connectivity index (χ2v) is 9.12. The molecule has 1 amide bonds. The lowest BCUT2D eigenvalue weighted by Crippen LogP contribution is -2.37. The van der Waals surface area contributed by atoms with Gasteiger partial charge < -0.3 is 9.80 Å². The van der Waals surface area contributed by atoms with Gasteiger partial charge in [-0.3, -0.25) is 4.79 Å². The van der Waals surface area contributed by atoms with E-state index in [0.29, 0.717) is 12.3 Å². The summed E-state index contributed by atoms with van der Waals surface area (Å²) in [6.45, 7) is 13.9. The van der Waals surface area contributed by atoms with Crippen LogP contribution in [0.1, 0.15) is 83.8 Å². The van der Waals surface area contributed by atoms with Gasteiger partial charge in [-0.2, -0.15) is 0 Å². The number of hydrogen-bond acceptors (Lipinski definition) is 2. The zero-order valence-electron chi connectivity index (χ0n) is 18.1. The molecule has 0 N–H and O–H groups in total. The van der Waals surface area contributed by atoms with Gasteiger partial charge in [0, 0.05) is 26.1 Å².